The fraction of sp³-hybridized carbons (Fsp3) is 0.733. The van der Waals surface area contributed by atoms with E-state index in [4.69, 9.17) is 9.47 Å². The third-order valence-electron chi connectivity index (χ3n) is 3.94. The first-order valence-electron chi connectivity index (χ1n) is 6.73. The summed E-state index contributed by atoms with van der Waals surface area (Å²) >= 11 is 0. The molecule has 1 aliphatic carbocycles. The Morgan fingerprint density at radius 1 is 1.06 bits per heavy atom. The average molecular weight is 238 g/mol. The van der Waals surface area contributed by atoms with E-state index >= 15 is 0 Å². The van der Waals surface area contributed by atoms with Crippen LogP contribution in [0.5, 0.6) is 0 Å². The van der Waals surface area contributed by atoms with Crippen LogP contribution in [0.25, 0.3) is 0 Å². The molecule has 3 atom stereocenters. The van der Waals surface area contributed by atoms with Crippen LogP contribution in [0, 0.1) is 17.8 Å². The fourth-order valence-electron chi connectivity index (χ4n) is 2.88. The Hall–Kier alpha value is -0.920. The van der Waals surface area contributed by atoms with Crippen molar-refractivity contribution in [2.45, 2.75) is 39.0 Å². The molecule has 0 aliphatic heterocycles. The van der Waals surface area contributed by atoms with Crippen LogP contribution in [0.15, 0.2) is 25.7 Å². The Labute approximate surface area is 106 Å². The number of ether oxygens (including phenoxy) is 2. The maximum absolute atomic E-state index is 5.22. The van der Waals surface area contributed by atoms with Crippen LogP contribution in [0.1, 0.15) is 39.0 Å². The molecule has 0 aromatic heterocycles. The van der Waals surface area contributed by atoms with Gasteiger partial charge in [-0.1, -0.05) is 26.5 Å². The van der Waals surface area contributed by atoms with Crippen LogP contribution in [0.4, 0.5) is 0 Å². The smallest absolute Gasteiger partial charge is 0.0875 e. The van der Waals surface area contributed by atoms with Crippen molar-refractivity contribution in [3.05, 3.63) is 25.7 Å². The van der Waals surface area contributed by atoms with Gasteiger partial charge in [-0.3, -0.25) is 0 Å². The highest BCUT2D eigenvalue weighted by atomic mass is 16.5. The summed E-state index contributed by atoms with van der Waals surface area (Å²) in [6.45, 7) is 11.2. The molecular formula is C15H26O2. The molecule has 0 aromatic carbocycles. The van der Waals surface area contributed by atoms with Crippen LogP contribution in [-0.2, 0) is 9.47 Å². The van der Waals surface area contributed by atoms with Gasteiger partial charge in [0, 0.05) is 0 Å². The Morgan fingerprint density at radius 3 is 2.29 bits per heavy atom. The summed E-state index contributed by atoms with van der Waals surface area (Å²) in [5.41, 5.74) is 0. The second-order valence-electron chi connectivity index (χ2n) is 5.07. The van der Waals surface area contributed by atoms with Crippen LogP contribution in [0.2, 0.25) is 0 Å². The lowest BCUT2D eigenvalue weighted by molar-refractivity contribution is 0.125. The topological polar surface area (TPSA) is 18.5 Å². The lowest BCUT2D eigenvalue weighted by Crippen LogP contribution is -2.24. The molecule has 3 unspecified atom stereocenters. The molecule has 0 saturated heterocycles. The minimum absolute atomic E-state index is 0.811. The molecule has 2 nitrogen and oxygen atoms in total. The molecule has 0 bridgehead atoms. The van der Waals surface area contributed by atoms with Crippen molar-refractivity contribution in [3.63, 3.8) is 0 Å². The molecule has 0 amide bonds. The average Bonchev–Trinajstić information content (AvgIpc) is 2.32. The van der Waals surface area contributed by atoms with Gasteiger partial charge < -0.3 is 9.47 Å². The zero-order valence-corrected chi connectivity index (χ0v) is 11.1. The molecule has 0 aromatic rings. The van der Waals surface area contributed by atoms with Crippen LogP contribution in [0.3, 0.4) is 0 Å². The monoisotopic (exact) mass is 238 g/mol. The van der Waals surface area contributed by atoms with Crippen molar-refractivity contribution < 1.29 is 9.47 Å². The first-order valence-corrected chi connectivity index (χ1v) is 6.73. The quantitative estimate of drug-likeness (QED) is 0.467. The van der Waals surface area contributed by atoms with Crippen molar-refractivity contribution in [1.29, 1.82) is 0 Å². The summed E-state index contributed by atoms with van der Waals surface area (Å²) in [5, 5.41) is 0. The fourth-order valence-corrected chi connectivity index (χ4v) is 2.88. The maximum atomic E-state index is 5.22. The van der Waals surface area contributed by atoms with E-state index in [1.807, 2.05) is 0 Å². The third-order valence-corrected chi connectivity index (χ3v) is 3.94. The zero-order chi connectivity index (χ0) is 12.5. The van der Waals surface area contributed by atoms with Crippen LogP contribution >= 0.6 is 0 Å². The number of hydrogen-bond acceptors (Lipinski definition) is 2. The van der Waals surface area contributed by atoms with E-state index in [1.165, 1.54) is 32.1 Å². The van der Waals surface area contributed by atoms with E-state index in [-0.39, 0.29) is 0 Å². The van der Waals surface area contributed by atoms with Gasteiger partial charge in [0.05, 0.1) is 25.7 Å². The van der Waals surface area contributed by atoms with E-state index < -0.39 is 0 Å². The van der Waals surface area contributed by atoms with Crippen LogP contribution < -0.4 is 0 Å². The molecule has 1 aliphatic rings. The number of rotatable bonds is 8. The maximum Gasteiger partial charge on any atom is 0.0875 e. The van der Waals surface area contributed by atoms with E-state index in [0.717, 1.165) is 31.0 Å². The molecule has 2 heteroatoms. The first kappa shape index (κ1) is 14.1. The van der Waals surface area contributed by atoms with Gasteiger partial charge in [-0.25, -0.2) is 0 Å². The minimum Gasteiger partial charge on any atom is -0.502 e. The molecule has 1 saturated carbocycles. The van der Waals surface area contributed by atoms with E-state index in [9.17, 15) is 0 Å². The van der Waals surface area contributed by atoms with Gasteiger partial charge in [0.25, 0.3) is 0 Å². The Balaban J connectivity index is 2.19. The summed E-state index contributed by atoms with van der Waals surface area (Å²) in [7, 11) is 0. The standard InChI is InChI=1S/C15H26O2/c1-4-16-10-8-14-6-7-15(13(3)12-14)9-11-17-5-2/h4-5,13-15H,1-2,6-12H2,3H3. The normalized spacial score (nSPS) is 28.4. The van der Waals surface area contributed by atoms with Gasteiger partial charge in [0.15, 0.2) is 0 Å². The highest BCUT2D eigenvalue weighted by Gasteiger charge is 2.27. The summed E-state index contributed by atoms with van der Waals surface area (Å²) in [6, 6.07) is 0. The first-order chi connectivity index (χ1) is 8.27. The highest BCUT2D eigenvalue weighted by Crippen LogP contribution is 2.36. The Morgan fingerprint density at radius 2 is 1.71 bits per heavy atom. The molecule has 0 heterocycles. The zero-order valence-electron chi connectivity index (χ0n) is 11.1. The lowest BCUT2D eigenvalue weighted by Gasteiger charge is -2.34. The molecule has 0 N–H and O–H groups in total. The summed E-state index contributed by atoms with van der Waals surface area (Å²) in [4.78, 5) is 0. The van der Waals surface area contributed by atoms with Gasteiger partial charge in [-0.15, -0.1) is 0 Å². The molecule has 98 valence electrons. The SMILES string of the molecule is C=COCCC1CCC(CCOC=C)C(C)C1. The molecular weight excluding hydrogens is 212 g/mol. The molecule has 1 fully saturated rings. The van der Waals surface area contributed by atoms with Gasteiger partial charge >= 0.3 is 0 Å². The van der Waals surface area contributed by atoms with Gasteiger partial charge in [-0.05, 0) is 43.4 Å². The van der Waals surface area contributed by atoms with Gasteiger partial charge in [0.2, 0.25) is 0 Å². The van der Waals surface area contributed by atoms with E-state index in [2.05, 4.69) is 20.1 Å². The number of hydrogen-bond donors (Lipinski definition) is 0. The van der Waals surface area contributed by atoms with Gasteiger partial charge in [0.1, 0.15) is 0 Å². The van der Waals surface area contributed by atoms with Gasteiger partial charge in [-0.2, -0.15) is 0 Å². The molecule has 17 heavy (non-hydrogen) atoms. The van der Waals surface area contributed by atoms with Crippen molar-refractivity contribution in [1.82, 2.24) is 0 Å². The summed E-state index contributed by atoms with van der Waals surface area (Å²) in [6.07, 6.45) is 9.43. The summed E-state index contributed by atoms with van der Waals surface area (Å²) in [5.74, 6) is 2.47. The Kier molecular flexibility index (Phi) is 6.83. The Bertz CT molecular complexity index is 225. The van der Waals surface area contributed by atoms with Crippen LogP contribution in [-0.4, -0.2) is 13.2 Å². The predicted octanol–water partition coefficient (Wildman–Crippen LogP) is 4.14. The lowest BCUT2D eigenvalue weighted by atomic mass is 9.73. The van der Waals surface area contributed by atoms with E-state index in [0.29, 0.717) is 0 Å². The minimum atomic E-state index is 0.811. The van der Waals surface area contributed by atoms with Crippen molar-refractivity contribution in [2.75, 3.05) is 13.2 Å². The molecule has 1 rings (SSSR count). The second-order valence-corrected chi connectivity index (χ2v) is 5.07. The molecule has 0 spiro atoms. The summed E-state index contributed by atoms with van der Waals surface area (Å²) < 4.78 is 10.4. The van der Waals surface area contributed by atoms with Crippen molar-refractivity contribution >= 4 is 0 Å². The van der Waals surface area contributed by atoms with Crippen molar-refractivity contribution in [3.8, 4) is 0 Å². The van der Waals surface area contributed by atoms with Crippen molar-refractivity contribution in [2.24, 2.45) is 17.8 Å². The molecule has 0 radical (unpaired) electrons. The third kappa shape index (κ3) is 5.29. The highest BCUT2D eigenvalue weighted by molar-refractivity contribution is 4.78. The largest absolute Gasteiger partial charge is 0.502 e. The van der Waals surface area contributed by atoms with E-state index in [1.54, 1.807) is 12.5 Å². The second kappa shape index (κ2) is 8.21. The predicted molar refractivity (Wildman–Crippen MR) is 71.5 cm³/mol.